The fourth-order valence-electron chi connectivity index (χ4n) is 4.62. The molecule has 1 atom stereocenters. The third-order valence-corrected chi connectivity index (χ3v) is 5.73. The first kappa shape index (κ1) is 12.7. The SMILES string of the molecule is C1=CC(CCC2C=C3CCCCC3=C2)C2=C1CCCC2. The Morgan fingerprint density at radius 3 is 2.30 bits per heavy atom. The summed E-state index contributed by atoms with van der Waals surface area (Å²) >= 11 is 0. The van der Waals surface area contributed by atoms with Gasteiger partial charge < -0.3 is 0 Å². The molecule has 1 fully saturated rings. The van der Waals surface area contributed by atoms with Gasteiger partial charge in [0, 0.05) is 0 Å². The van der Waals surface area contributed by atoms with Gasteiger partial charge in [-0.15, -0.1) is 0 Å². The average molecular weight is 266 g/mol. The molecule has 0 saturated heterocycles. The van der Waals surface area contributed by atoms with Crippen molar-refractivity contribution in [3.8, 4) is 0 Å². The molecule has 1 unspecified atom stereocenters. The molecule has 0 N–H and O–H groups in total. The standard InChI is InChI=1S/C20H26/c1-2-7-19-14-15(13-18(19)6-1)9-10-17-12-11-16-5-3-4-8-20(16)17/h11-15,17H,1-10H2. The molecular formula is C20H26. The normalized spacial score (nSPS) is 29.3. The quantitative estimate of drug-likeness (QED) is 0.598. The first-order chi connectivity index (χ1) is 9.90. The molecule has 0 aromatic heterocycles. The van der Waals surface area contributed by atoms with Crippen LogP contribution in [0.4, 0.5) is 0 Å². The van der Waals surface area contributed by atoms with Crippen LogP contribution in [0.3, 0.4) is 0 Å². The van der Waals surface area contributed by atoms with Crippen LogP contribution < -0.4 is 0 Å². The Morgan fingerprint density at radius 1 is 0.800 bits per heavy atom. The van der Waals surface area contributed by atoms with Crippen molar-refractivity contribution < 1.29 is 0 Å². The fourth-order valence-corrected chi connectivity index (χ4v) is 4.62. The maximum Gasteiger partial charge on any atom is -0.00139 e. The topological polar surface area (TPSA) is 0 Å². The first-order valence-electron chi connectivity index (χ1n) is 8.72. The second kappa shape index (κ2) is 5.39. The van der Waals surface area contributed by atoms with Gasteiger partial charge in [0.2, 0.25) is 0 Å². The average Bonchev–Trinajstić information content (AvgIpc) is 3.08. The summed E-state index contributed by atoms with van der Waals surface area (Å²) in [5.74, 6) is 1.53. The lowest BCUT2D eigenvalue weighted by molar-refractivity contribution is 0.549. The van der Waals surface area contributed by atoms with Crippen LogP contribution in [-0.2, 0) is 0 Å². The molecule has 0 aromatic rings. The van der Waals surface area contributed by atoms with Crippen molar-refractivity contribution in [2.45, 2.75) is 64.2 Å². The van der Waals surface area contributed by atoms with Crippen LogP contribution in [-0.4, -0.2) is 0 Å². The van der Waals surface area contributed by atoms with Crippen molar-refractivity contribution in [3.05, 3.63) is 46.6 Å². The van der Waals surface area contributed by atoms with Crippen LogP contribution in [0.2, 0.25) is 0 Å². The van der Waals surface area contributed by atoms with Gasteiger partial charge in [-0.25, -0.2) is 0 Å². The van der Waals surface area contributed by atoms with Crippen LogP contribution in [0.25, 0.3) is 0 Å². The second-order valence-electron chi connectivity index (χ2n) is 7.06. The first-order valence-corrected chi connectivity index (χ1v) is 8.72. The number of allylic oxidation sites excluding steroid dienone is 8. The van der Waals surface area contributed by atoms with E-state index < -0.39 is 0 Å². The van der Waals surface area contributed by atoms with Gasteiger partial charge in [0.15, 0.2) is 0 Å². The summed E-state index contributed by atoms with van der Waals surface area (Å²) in [6, 6.07) is 0. The minimum Gasteiger partial charge on any atom is -0.0771 e. The van der Waals surface area contributed by atoms with Gasteiger partial charge in [0.25, 0.3) is 0 Å². The summed E-state index contributed by atoms with van der Waals surface area (Å²) in [7, 11) is 0. The number of hydrogen-bond donors (Lipinski definition) is 0. The lowest BCUT2D eigenvalue weighted by Gasteiger charge is -2.20. The van der Waals surface area contributed by atoms with Gasteiger partial charge >= 0.3 is 0 Å². The summed E-state index contributed by atoms with van der Waals surface area (Å²) in [5.41, 5.74) is 6.88. The summed E-state index contributed by atoms with van der Waals surface area (Å²) in [6.45, 7) is 0. The lowest BCUT2D eigenvalue weighted by atomic mass is 9.85. The van der Waals surface area contributed by atoms with Gasteiger partial charge in [-0.3, -0.25) is 0 Å². The van der Waals surface area contributed by atoms with Crippen LogP contribution in [0.5, 0.6) is 0 Å². The summed E-state index contributed by atoms with van der Waals surface area (Å²) in [5, 5.41) is 0. The molecule has 4 rings (SSSR count). The molecule has 0 bridgehead atoms. The van der Waals surface area contributed by atoms with E-state index in [2.05, 4.69) is 24.3 Å². The van der Waals surface area contributed by atoms with E-state index >= 15 is 0 Å². The Labute approximate surface area is 123 Å². The Morgan fingerprint density at radius 2 is 1.50 bits per heavy atom. The maximum atomic E-state index is 2.59. The van der Waals surface area contributed by atoms with E-state index in [4.69, 9.17) is 0 Å². The van der Waals surface area contributed by atoms with E-state index in [0.29, 0.717) is 0 Å². The van der Waals surface area contributed by atoms with Crippen LogP contribution in [0.15, 0.2) is 46.6 Å². The molecule has 4 aliphatic rings. The minimum absolute atomic E-state index is 0.750. The third-order valence-electron chi connectivity index (χ3n) is 5.73. The molecule has 0 radical (unpaired) electrons. The van der Waals surface area contributed by atoms with Gasteiger partial charge in [0.1, 0.15) is 0 Å². The van der Waals surface area contributed by atoms with Crippen molar-refractivity contribution in [1.82, 2.24) is 0 Å². The maximum absolute atomic E-state index is 2.59. The Bertz CT molecular complexity index is 490. The molecule has 0 heteroatoms. The molecule has 0 aliphatic heterocycles. The van der Waals surface area contributed by atoms with Crippen molar-refractivity contribution in [2.24, 2.45) is 11.8 Å². The van der Waals surface area contributed by atoms with E-state index in [1.165, 1.54) is 64.2 Å². The zero-order chi connectivity index (χ0) is 13.4. The zero-order valence-corrected chi connectivity index (χ0v) is 12.5. The molecule has 0 spiro atoms. The predicted octanol–water partition coefficient (Wildman–Crippen LogP) is 5.88. The van der Waals surface area contributed by atoms with Gasteiger partial charge in [-0.2, -0.15) is 0 Å². The van der Waals surface area contributed by atoms with E-state index in [0.717, 1.165) is 11.8 Å². The van der Waals surface area contributed by atoms with Gasteiger partial charge in [-0.05, 0) is 92.8 Å². The highest BCUT2D eigenvalue weighted by Crippen LogP contribution is 2.41. The van der Waals surface area contributed by atoms with Crippen molar-refractivity contribution in [3.63, 3.8) is 0 Å². The molecule has 0 heterocycles. The van der Waals surface area contributed by atoms with Crippen molar-refractivity contribution >= 4 is 0 Å². The molecule has 0 nitrogen and oxygen atoms in total. The molecule has 4 aliphatic carbocycles. The minimum atomic E-state index is 0.750. The van der Waals surface area contributed by atoms with Crippen molar-refractivity contribution in [2.75, 3.05) is 0 Å². The van der Waals surface area contributed by atoms with E-state index in [-0.39, 0.29) is 0 Å². The number of rotatable bonds is 3. The highest BCUT2D eigenvalue weighted by molar-refractivity contribution is 5.41. The van der Waals surface area contributed by atoms with Gasteiger partial charge in [-0.1, -0.05) is 29.9 Å². The molecular weight excluding hydrogens is 240 g/mol. The monoisotopic (exact) mass is 266 g/mol. The van der Waals surface area contributed by atoms with Crippen LogP contribution in [0, 0.1) is 11.8 Å². The highest BCUT2D eigenvalue weighted by atomic mass is 14.3. The molecule has 20 heavy (non-hydrogen) atoms. The largest absolute Gasteiger partial charge is 0.0771 e. The summed E-state index contributed by atoms with van der Waals surface area (Å²) in [4.78, 5) is 0. The van der Waals surface area contributed by atoms with E-state index in [9.17, 15) is 0 Å². The smallest absolute Gasteiger partial charge is 0.00139 e. The fraction of sp³-hybridized carbons (Fsp3) is 0.600. The Balaban J connectivity index is 1.38. The van der Waals surface area contributed by atoms with E-state index in [1.54, 1.807) is 22.3 Å². The van der Waals surface area contributed by atoms with Gasteiger partial charge in [0.05, 0.1) is 0 Å². The second-order valence-corrected chi connectivity index (χ2v) is 7.06. The molecule has 0 aromatic carbocycles. The molecule has 0 amide bonds. The van der Waals surface area contributed by atoms with Crippen LogP contribution >= 0.6 is 0 Å². The lowest BCUT2D eigenvalue weighted by Crippen LogP contribution is -2.05. The number of fused-ring (bicyclic) bond motifs is 1. The van der Waals surface area contributed by atoms with Crippen molar-refractivity contribution in [1.29, 1.82) is 0 Å². The van der Waals surface area contributed by atoms with E-state index in [1.807, 2.05) is 0 Å². The zero-order valence-electron chi connectivity index (χ0n) is 12.5. The predicted molar refractivity (Wildman–Crippen MR) is 85.5 cm³/mol. The summed E-state index contributed by atoms with van der Waals surface area (Å²) < 4.78 is 0. The molecule has 1 saturated carbocycles. The molecule has 106 valence electrons. The summed E-state index contributed by atoms with van der Waals surface area (Å²) in [6.07, 6.45) is 23.9. The Hall–Kier alpha value is -1.04. The third kappa shape index (κ3) is 2.34. The Kier molecular flexibility index (Phi) is 3.42. The number of hydrogen-bond acceptors (Lipinski definition) is 0. The van der Waals surface area contributed by atoms with Crippen LogP contribution in [0.1, 0.15) is 64.2 Å². The highest BCUT2D eigenvalue weighted by Gasteiger charge is 2.25.